The Morgan fingerprint density at radius 1 is 1.17 bits per heavy atom. The molecular weight excluding hydrogens is 322 g/mol. The molecule has 0 saturated carbocycles. The minimum Gasteiger partial charge on any atom is -0.493 e. The van der Waals surface area contributed by atoms with Gasteiger partial charge in [0.1, 0.15) is 0 Å². The molecule has 1 aromatic carbocycles. The van der Waals surface area contributed by atoms with Crippen molar-refractivity contribution in [3.05, 3.63) is 46.2 Å². The van der Waals surface area contributed by atoms with Gasteiger partial charge in [-0.3, -0.25) is 4.79 Å². The summed E-state index contributed by atoms with van der Waals surface area (Å²) < 4.78 is 10.7. The normalized spacial score (nSPS) is 15.3. The van der Waals surface area contributed by atoms with Crippen LogP contribution in [-0.2, 0) is 6.42 Å². The van der Waals surface area contributed by atoms with Crippen molar-refractivity contribution in [1.29, 1.82) is 0 Å². The average Bonchev–Trinajstić information content (AvgIpc) is 3.16. The molecule has 0 unspecified atom stereocenters. The number of rotatable bonds is 5. The first-order valence-electron chi connectivity index (χ1n) is 8.25. The van der Waals surface area contributed by atoms with Gasteiger partial charge in [-0.15, -0.1) is 11.3 Å². The summed E-state index contributed by atoms with van der Waals surface area (Å²) in [5, 5.41) is 1.96. The van der Waals surface area contributed by atoms with Gasteiger partial charge in [-0.2, -0.15) is 0 Å². The molecule has 2 aromatic rings. The van der Waals surface area contributed by atoms with E-state index < -0.39 is 0 Å². The zero-order valence-corrected chi connectivity index (χ0v) is 15.0. The van der Waals surface area contributed by atoms with Crippen molar-refractivity contribution in [2.75, 3.05) is 27.3 Å². The lowest BCUT2D eigenvalue weighted by molar-refractivity contribution is 0.0695. The second kappa shape index (κ2) is 7.71. The molecule has 1 aliphatic rings. The van der Waals surface area contributed by atoms with Crippen molar-refractivity contribution in [1.82, 2.24) is 4.90 Å². The van der Waals surface area contributed by atoms with Gasteiger partial charge in [0, 0.05) is 13.1 Å². The summed E-state index contributed by atoms with van der Waals surface area (Å²) in [4.78, 5) is 15.2. The monoisotopic (exact) mass is 345 g/mol. The number of nitrogens with zero attached hydrogens (tertiary/aromatic N) is 1. The molecule has 1 aromatic heterocycles. The Labute approximate surface area is 147 Å². The van der Waals surface area contributed by atoms with Crippen LogP contribution in [0.15, 0.2) is 35.7 Å². The Hall–Kier alpha value is -2.01. The minimum atomic E-state index is 0.176. The van der Waals surface area contributed by atoms with E-state index in [1.165, 1.54) is 16.9 Å². The molecule has 1 aliphatic heterocycles. The third-order valence-corrected chi connectivity index (χ3v) is 5.46. The second-order valence-electron chi connectivity index (χ2n) is 6.11. The van der Waals surface area contributed by atoms with Crippen molar-refractivity contribution >= 4 is 17.2 Å². The number of methoxy groups -OCH3 is 2. The van der Waals surface area contributed by atoms with E-state index in [9.17, 15) is 4.79 Å². The van der Waals surface area contributed by atoms with Gasteiger partial charge in [0.2, 0.25) is 0 Å². The summed E-state index contributed by atoms with van der Waals surface area (Å²) in [6.45, 7) is 1.68. The molecule has 0 aliphatic carbocycles. The number of hydrogen-bond acceptors (Lipinski definition) is 4. The number of ether oxygens (including phenoxy) is 2. The highest BCUT2D eigenvalue weighted by Gasteiger charge is 2.24. The summed E-state index contributed by atoms with van der Waals surface area (Å²) in [5.74, 6) is 2.32. The number of carbonyl (C=O) groups is 1. The maximum absolute atomic E-state index is 12.4. The molecule has 0 bridgehead atoms. The van der Waals surface area contributed by atoms with E-state index in [1.807, 2.05) is 28.5 Å². The SMILES string of the molecule is COc1ccc(CC2CCN(C(=O)c3cccs3)CC2)cc1OC. The van der Waals surface area contributed by atoms with Crippen LogP contribution in [0.2, 0.25) is 0 Å². The molecule has 0 N–H and O–H groups in total. The van der Waals surface area contributed by atoms with E-state index >= 15 is 0 Å². The molecule has 5 heteroatoms. The molecular formula is C19H23NO3S. The van der Waals surface area contributed by atoms with Crippen LogP contribution in [-0.4, -0.2) is 38.1 Å². The van der Waals surface area contributed by atoms with Crippen molar-refractivity contribution in [3.8, 4) is 11.5 Å². The van der Waals surface area contributed by atoms with Crippen LogP contribution in [0.3, 0.4) is 0 Å². The summed E-state index contributed by atoms with van der Waals surface area (Å²) in [5.41, 5.74) is 1.26. The van der Waals surface area contributed by atoms with Crippen LogP contribution >= 0.6 is 11.3 Å². The van der Waals surface area contributed by atoms with Gasteiger partial charge in [-0.1, -0.05) is 12.1 Å². The fourth-order valence-corrected chi connectivity index (χ4v) is 3.93. The first-order valence-corrected chi connectivity index (χ1v) is 9.13. The summed E-state index contributed by atoms with van der Waals surface area (Å²) >= 11 is 1.52. The first-order chi connectivity index (χ1) is 11.7. The van der Waals surface area contributed by atoms with Crippen LogP contribution in [0.1, 0.15) is 28.1 Å². The van der Waals surface area contributed by atoms with Crippen molar-refractivity contribution in [2.45, 2.75) is 19.3 Å². The Kier molecular flexibility index (Phi) is 5.41. The van der Waals surface area contributed by atoms with E-state index in [4.69, 9.17) is 9.47 Å². The summed E-state index contributed by atoms with van der Waals surface area (Å²) in [7, 11) is 3.31. The van der Waals surface area contributed by atoms with E-state index in [2.05, 4.69) is 12.1 Å². The second-order valence-corrected chi connectivity index (χ2v) is 7.05. The fourth-order valence-electron chi connectivity index (χ4n) is 3.24. The highest BCUT2D eigenvalue weighted by molar-refractivity contribution is 7.12. The summed E-state index contributed by atoms with van der Waals surface area (Å²) in [6.07, 6.45) is 3.11. The smallest absolute Gasteiger partial charge is 0.263 e. The Morgan fingerprint density at radius 3 is 2.54 bits per heavy atom. The Bertz CT molecular complexity index is 676. The van der Waals surface area contributed by atoms with Gasteiger partial charge in [0.05, 0.1) is 19.1 Å². The summed E-state index contributed by atoms with van der Waals surface area (Å²) in [6, 6.07) is 9.96. The number of hydrogen-bond donors (Lipinski definition) is 0. The first kappa shape index (κ1) is 16.8. The predicted molar refractivity (Wildman–Crippen MR) is 96.2 cm³/mol. The van der Waals surface area contributed by atoms with Crippen molar-refractivity contribution in [3.63, 3.8) is 0 Å². The predicted octanol–water partition coefficient (Wildman–Crippen LogP) is 3.86. The number of benzene rings is 1. The van der Waals surface area contributed by atoms with Gasteiger partial charge in [0.15, 0.2) is 11.5 Å². The van der Waals surface area contributed by atoms with Gasteiger partial charge in [-0.05, 0) is 54.3 Å². The van der Waals surface area contributed by atoms with Crippen molar-refractivity contribution in [2.24, 2.45) is 5.92 Å². The molecule has 0 spiro atoms. The van der Waals surface area contributed by atoms with Crippen LogP contribution in [0.25, 0.3) is 0 Å². The van der Waals surface area contributed by atoms with Crippen LogP contribution in [0.4, 0.5) is 0 Å². The highest BCUT2D eigenvalue weighted by Crippen LogP contribution is 2.30. The number of carbonyl (C=O) groups excluding carboxylic acids is 1. The topological polar surface area (TPSA) is 38.8 Å². The van der Waals surface area contributed by atoms with E-state index in [0.717, 1.165) is 48.7 Å². The Morgan fingerprint density at radius 2 is 1.92 bits per heavy atom. The van der Waals surface area contributed by atoms with E-state index in [-0.39, 0.29) is 5.91 Å². The third kappa shape index (κ3) is 3.73. The molecule has 24 heavy (non-hydrogen) atoms. The number of thiophene rings is 1. The minimum absolute atomic E-state index is 0.176. The molecule has 1 saturated heterocycles. The lowest BCUT2D eigenvalue weighted by Crippen LogP contribution is -2.38. The maximum Gasteiger partial charge on any atom is 0.263 e. The van der Waals surface area contributed by atoms with Crippen LogP contribution < -0.4 is 9.47 Å². The standard InChI is InChI=1S/C19H23NO3S/c1-22-16-6-5-15(13-17(16)23-2)12-14-7-9-20(10-8-14)19(21)18-4-3-11-24-18/h3-6,11,13-14H,7-10,12H2,1-2H3. The van der Waals surface area contributed by atoms with Crippen LogP contribution in [0.5, 0.6) is 11.5 Å². The van der Waals surface area contributed by atoms with Gasteiger partial charge < -0.3 is 14.4 Å². The van der Waals surface area contributed by atoms with Gasteiger partial charge in [0.25, 0.3) is 5.91 Å². The lowest BCUT2D eigenvalue weighted by atomic mass is 9.90. The van der Waals surface area contributed by atoms with Gasteiger partial charge >= 0.3 is 0 Å². The quantitative estimate of drug-likeness (QED) is 0.826. The van der Waals surface area contributed by atoms with E-state index in [0.29, 0.717) is 5.92 Å². The fraction of sp³-hybridized carbons (Fsp3) is 0.421. The van der Waals surface area contributed by atoms with Crippen LogP contribution in [0, 0.1) is 5.92 Å². The lowest BCUT2D eigenvalue weighted by Gasteiger charge is -2.32. The zero-order valence-electron chi connectivity index (χ0n) is 14.2. The molecule has 4 nitrogen and oxygen atoms in total. The molecule has 2 heterocycles. The van der Waals surface area contributed by atoms with Crippen molar-refractivity contribution < 1.29 is 14.3 Å². The molecule has 0 radical (unpaired) electrons. The molecule has 0 atom stereocenters. The van der Waals surface area contributed by atoms with E-state index in [1.54, 1.807) is 14.2 Å². The number of likely N-dealkylation sites (tertiary alicyclic amines) is 1. The maximum atomic E-state index is 12.4. The van der Waals surface area contributed by atoms with Gasteiger partial charge in [-0.25, -0.2) is 0 Å². The largest absolute Gasteiger partial charge is 0.493 e. The number of piperidine rings is 1. The third-order valence-electron chi connectivity index (χ3n) is 4.61. The average molecular weight is 345 g/mol. The Balaban J connectivity index is 1.56. The zero-order chi connectivity index (χ0) is 16.9. The highest BCUT2D eigenvalue weighted by atomic mass is 32.1. The number of amides is 1. The molecule has 128 valence electrons. The molecule has 1 amide bonds. The molecule has 1 fully saturated rings. The molecule has 3 rings (SSSR count).